The number of rotatable bonds is 6. The number of carbonyl (C=O) groups excluding carboxylic acids is 1. The Morgan fingerprint density at radius 3 is 2.80 bits per heavy atom. The first-order valence-corrected chi connectivity index (χ1v) is 9.77. The topological polar surface area (TPSA) is 45.2 Å². The molecule has 1 saturated heterocycles. The van der Waals surface area contributed by atoms with Crippen LogP contribution in [0.3, 0.4) is 0 Å². The highest BCUT2D eigenvalue weighted by atomic mass is 32.2. The van der Waals surface area contributed by atoms with Crippen LogP contribution in [0.5, 0.6) is 0 Å². The van der Waals surface area contributed by atoms with Crippen LogP contribution in [0.25, 0.3) is 0 Å². The third-order valence-electron chi connectivity index (χ3n) is 4.43. The van der Waals surface area contributed by atoms with Crippen molar-refractivity contribution in [1.29, 1.82) is 0 Å². The number of benzene rings is 1. The predicted molar refractivity (Wildman–Crippen MR) is 104 cm³/mol. The SMILES string of the molecule is Cc1ccc(C)c(SCC(=O)NCc2ccnc(N3CCCC3)c2)c1. The minimum Gasteiger partial charge on any atom is -0.357 e. The van der Waals surface area contributed by atoms with Crippen LogP contribution in [0.2, 0.25) is 0 Å². The van der Waals surface area contributed by atoms with Crippen LogP contribution in [-0.4, -0.2) is 29.7 Å². The van der Waals surface area contributed by atoms with Gasteiger partial charge in [0.1, 0.15) is 5.82 Å². The van der Waals surface area contributed by atoms with Crippen molar-refractivity contribution in [1.82, 2.24) is 10.3 Å². The zero-order valence-corrected chi connectivity index (χ0v) is 15.7. The molecular weight excluding hydrogens is 330 g/mol. The molecule has 5 heteroatoms. The van der Waals surface area contributed by atoms with Crippen LogP contribution in [0.15, 0.2) is 41.4 Å². The highest BCUT2D eigenvalue weighted by Gasteiger charge is 2.13. The molecule has 1 aliphatic rings. The number of thioether (sulfide) groups is 1. The average molecular weight is 356 g/mol. The van der Waals surface area contributed by atoms with Gasteiger partial charge in [-0.2, -0.15) is 0 Å². The quantitative estimate of drug-likeness (QED) is 0.803. The van der Waals surface area contributed by atoms with Crippen molar-refractivity contribution < 1.29 is 4.79 Å². The minimum atomic E-state index is 0.0606. The van der Waals surface area contributed by atoms with Gasteiger partial charge in [0.15, 0.2) is 0 Å². The molecule has 0 unspecified atom stereocenters. The third-order valence-corrected chi connectivity index (χ3v) is 5.59. The number of amides is 1. The first-order chi connectivity index (χ1) is 12.1. The summed E-state index contributed by atoms with van der Waals surface area (Å²) in [5, 5.41) is 3.02. The van der Waals surface area contributed by atoms with Crippen molar-refractivity contribution >= 4 is 23.5 Å². The summed E-state index contributed by atoms with van der Waals surface area (Å²) in [5.74, 6) is 1.52. The smallest absolute Gasteiger partial charge is 0.230 e. The van der Waals surface area contributed by atoms with E-state index in [1.54, 1.807) is 11.8 Å². The van der Waals surface area contributed by atoms with Gasteiger partial charge < -0.3 is 10.2 Å². The number of carbonyl (C=O) groups is 1. The van der Waals surface area contributed by atoms with Gasteiger partial charge in [0.05, 0.1) is 5.75 Å². The number of aromatic nitrogens is 1. The lowest BCUT2D eigenvalue weighted by Gasteiger charge is -2.17. The van der Waals surface area contributed by atoms with E-state index in [9.17, 15) is 4.79 Å². The van der Waals surface area contributed by atoms with Crippen molar-refractivity contribution in [2.45, 2.75) is 38.1 Å². The average Bonchev–Trinajstić information content (AvgIpc) is 3.16. The van der Waals surface area contributed by atoms with E-state index < -0.39 is 0 Å². The maximum atomic E-state index is 12.2. The number of nitrogens with one attached hydrogen (secondary N) is 1. The van der Waals surface area contributed by atoms with Crippen molar-refractivity contribution in [3.8, 4) is 0 Å². The van der Waals surface area contributed by atoms with Crippen LogP contribution in [0, 0.1) is 13.8 Å². The molecule has 25 heavy (non-hydrogen) atoms. The van der Waals surface area contributed by atoms with Crippen molar-refractivity contribution in [3.05, 3.63) is 53.2 Å². The van der Waals surface area contributed by atoms with E-state index in [0.29, 0.717) is 12.3 Å². The van der Waals surface area contributed by atoms with Crippen molar-refractivity contribution in [3.63, 3.8) is 0 Å². The molecule has 0 aliphatic carbocycles. The second kappa shape index (κ2) is 8.39. The van der Waals surface area contributed by atoms with E-state index in [1.165, 1.54) is 28.9 Å². The van der Waals surface area contributed by atoms with Crippen LogP contribution in [-0.2, 0) is 11.3 Å². The summed E-state index contributed by atoms with van der Waals surface area (Å²) in [7, 11) is 0. The van der Waals surface area contributed by atoms with Gasteiger partial charge in [-0.1, -0.05) is 17.7 Å². The lowest BCUT2D eigenvalue weighted by atomic mass is 10.2. The van der Waals surface area contributed by atoms with E-state index >= 15 is 0 Å². The molecule has 4 nitrogen and oxygen atoms in total. The summed E-state index contributed by atoms with van der Waals surface area (Å²) in [4.78, 5) is 20.1. The first-order valence-electron chi connectivity index (χ1n) is 8.78. The second-order valence-electron chi connectivity index (χ2n) is 6.55. The molecule has 0 atom stereocenters. The number of hydrogen-bond acceptors (Lipinski definition) is 4. The lowest BCUT2D eigenvalue weighted by molar-refractivity contribution is -0.118. The van der Waals surface area contributed by atoms with E-state index in [-0.39, 0.29) is 5.91 Å². The number of nitrogens with zero attached hydrogens (tertiary/aromatic N) is 2. The molecule has 132 valence electrons. The molecule has 1 aromatic carbocycles. The number of aryl methyl sites for hydroxylation is 2. The number of anilines is 1. The zero-order valence-electron chi connectivity index (χ0n) is 14.9. The van der Waals surface area contributed by atoms with Gasteiger partial charge in [0.25, 0.3) is 0 Å². The largest absolute Gasteiger partial charge is 0.357 e. The Labute approximate surface area is 154 Å². The van der Waals surface area contributed by atoms with Crippen LogP contribution >= 0.6 is 11.8 Å². The van der Waals surface area contributed by atoms with Crippen LogP contribution in [0.1, 0.15) is 29.5 Å². The van der Waals surface area contributed by atoms with E-state index in [2.05, 4.69) is 53.3 Å². The minimum absolute atomic E-state index is 0.0606. The fourth-order valence-electron chi connectivity index (χ4n) is 2.95. The number of hydrogen-bond donors (Lipinski definition) is 1. The molecule has 1 aliphatic heterocycles. The predicted octanol–water partition coefficient (Wildman–Crippen LogP) is 3.71. The summed E-state index contributed by atoms with van der Waals surface area (Å²) in [6.07, 6.45) is 4.30. The van der Waals surface area contributed by atoms with E-state index in [1.807, 2.05) is 12.3 Å². The molecule has 0 bridgehead atoms. The van der Waals surface area contributed by atoms with Gasteiger partial charge in [-0.15, -0.1) is 11.8 Å². The van der Waals surface area contributed by atoms with Gasteiger partial charge in [0, 0.05) is 30.7 Å². The molecule has 1 aromatic heterocycles. The van der Waals surface area contributed by atoms with E-state index in [0.717, 1.165) is 24.5 Å². The van der Waals surface area contributed by atoms with Gasteiger partial charge >= 0.3 is 0 Å². The molecule has 1 fully saturated rings. The standard InChI is InChI=1S/C20H25N3OS/c1-15-5-6-16(2)18(11-15)25-14-20(24)22-13-17-7-8-21-19(12-17)23-9-3-4-10-23/h5-8,11-12H,3-4,9-10,13-14H2,1-2H3,(H,22,24). The maximum Gasteiger partial charge on any atom is 0.230 e. The molecule has 1 N–H and O–H groups in total. The monoisotopic (exact) mass is 355 g/mol. The summed E-state index contributed by atoms with van der Waals surface area (Å²) in [6, 6.07) is 10.4. The van der Waals surface area contributed by atoms with E-state index in [4.69, 9.17) is 0 Å². The molecule has 0 radical (unpaired) electrons. The Hall–Kier alpha value is -2.01. The summed E-state index contributed by atoms with van der Waals surface area (Å²) < 4.78 is 0. The van der Waals surface area contributed by atoms with Gasteiger partial charge in [-0.3, -0.25) is 4.79 Å². The number of pyridine rings is 1. The lowest BCUT2D eigenvalue weighted by Crippen LogP contribution is -2.25. The van der Waals surface area contributed by atoms with Crippen LogP contribution in [0.4, 0.5) is 5.82 Å². The highest BCUT2D eigenvalue weighted by Crippen LogP contribution is 2.23. The molecule has 0 saturated carbocycles. The molecule has 1 amide bonds. The fraction of sp³-hybridized carbons (Fsp3) is 0.400. The second-order valence-corrected chi connectivity index (χ2v) is 7.57. The van der Waals surface area contributed by atoms with Crippen LogP contribution < -0.4 is 10.2 Å². The molecule has 2 aromatic rings. The Morgan fingerprint density at radius 1 is 1.20 bits per heavy atom. The molecule has 2 heterocycles. The summed E-state index contributed by atoms with van der Waals surface area (Å²) in [5.41, 5.74) is 3.54. The molecular formula is C20H25N3OS. The maximum absolute atomic E-state index is 12.2. The first kappa shape index (κ1) is 17.8. The Balaban J connectivity index is 1.50. The van der Waals surface area contributed by atoms with Gasteiger partial charge in [-0.05, 0) is 56.0 Å². The van der Waals surface area contributed by atoms with Gasteiger partial charge in [0.2, 0.25) is 5.91 Å². The Bertz CT molecular complexity index is 741. The fourth-order valence-corrected chi connectivity index (χ4v) is 3.90. The molecule has 0 spiro atoms. The molecule has 3 rings (SSSR count). The summed E-state index contributed by atoms with van der Waals surface area (Å²) >= 11 is 1.60. The summed E-state index contributed by atoms with van der Waals surface area (Å²) in [6.45, 7) is 6.86. The normalized spacial score (nSPS) is 13.9. The Kier molecular flexibility index (Phi) is 5.97. The third kappa shape index (κ3) is 4.98. The van der Waals surface area contributed by atoms with Crippen molar-refractivity contribution in [2.75, 3.05) is 23.7 Å². The van der Waals surface area contributed by atoms with Crippen molar-refractivity contribution in [2.24, 2.45) is 0 Å². The highest BCUT2D eigenvalue weighted by molar-refractivity contribution is 8.00. The zero-order chi connectivity index (χ0) is 17.6. The van der Waals surface area contributed by atoms with Gasteiger partial charge in [-0.25, -0.2) is 4.98 Å². The Morgan fingerprint density at radius 2 is 2.00 bits per heavy atom.